The van der Waals surface area contributed by atoms with Gasteiger partial charge in [0, 0.05) is 25.5 Å². The second-order valence-corrected chi connectivity index (χ2v) is 8.59. The SMILES string of the molecule is Cc1nn(C2CCCCC2)c2sc(C(=O)NCCN3CC(=O)N(C)C3=O)cc12. The number of imide groups is 1. The number of carbonyl (C=O) groups is 3. The van der Waals surface area contributed by atoms with Gasteiger partial charge in [-0.2, -0.15) is 5.10 Å². The van der Waals surface area contributed by atoms with Gasteiger partial charge in [0.25, 0.3) is 5.91 Å². The summed E-state index contributed by atoms with van der Waals surface area (Å²) in [6.45, 7) is 2.70. The molecule has 8 nitrogen and oxygen atoms in total. The number of urea groups is 1. The summed E-state index contributed by atoms with van der Waals surface area (Å²) in [7, 11) is 1.47. The van der Waals surface area contributed by atoms with Crippen molar-refractivity contribution in [2.45, 2.75) is 45.1 Å². The number of hydrogen-bond acceptors (Lipinski definition) is 5. The number of amides is 4. The molecule has 1 saturated carbocycles. The monoisotopic (exact) mass is 403 g/mol. The van der Waals surface area contributed by atoms with Gasteiger partial charge >= 0.3 is 6.03 Å². The summed E-state index contributed by atoms with van der Waals surface area (Å²) >= 11 is 1.48. The number of rotatable bonds is 5. The second kappa shape index (κ2) is 7.54. The van der Waals surface area contributed by atoms with Gasteiger partial charge in [0.15, 0.2) is 0 Å². The van der Waals surface area contributed by atoms with Gasteiger partial charge in [-0.3, -0.25) is 19.2 Å². The molecule has 0 unspecified atom stereocenters. The Balaban J connectivity index is 1.42. The lowest BCUT2D eigenvalue weighted by atomic mass is 9.96. The lowest BCUT2D eigenvalue weighted by Crippen LogP contribution is -2.37. The fraction of sp³-hybridized carbons (Fsp3) is 0.579. The van der Waals surface area contributed by atoms with Crippen molar-refractivity contribution in [3.63, 3.8) is 0 Å². The van der Waals surface area contributed by atoms with Crippen LogP contribution in [0.4, 0.5) is 4.79 Å². The highest BCUT2D eigenvalue weighted by Gasteiger charge is 2.32. The summed E-state index contributed by atoms with van der Waals surface area (Å²) in [5.41, 5.74) is 0.958. The van der Waals surface area contributed by atoms with E-state index in [1.54, 1.807) is 0 Å². The first-order chi connectivity index (χ1) is 13.5. The Morgan fingerprint density at radius 2 is 2.04 bits per heavy atom. The summed E-state index contributed by atoms with van der Waals surface area (Å²) in [5.74, 6) is -0.370. The summed E-state index contributed by atoms with van der Waals surface area (Å²) < 4.78 is 2.12. The van der Waals surface area contributed by atoms with Crippen molar-refractivity contribution in [2.24, 2.45) is 0 Å². The molecule has 1 saturated heterocycles. The Bertz CT molecular complexity index is 928. The fourth-order valence-corrected chi connectivity index (χ4v) is 5.13. The van der Waals surface area contributed by atoms with Crippen molar-refractivity contribution in [1.29, 1.82) is 0 Å². The topological polar surface area (TPSA) is 87.5 Å². The average Bonchev–Trinajstić information content (AvgIpc) is 3.33. The molecule has 4 amide bonds. The number of nitrogens with one attached hydrogen (secondary N) is 1. The molecule has 1 aliphatic carbocycles. The quantitative estimate of drug-likeness (QED) is 0.777. The number of likely N-dealkylation sites (N-methyl/N-ethyl adjacent to an activating group) is 1. The predicted octanol–water partition coefficient (Wildman–Crippen LogP) is 2.54. The maximum atomic E-state index is 12.6. The fourth-order valence-electron chi connectivity index (χ4n) is 3.98. The number of aryl methyl sites for hydroxylation is 1. The highest BCUT2D eigenvalue weighted by Crippen LogP contribution is 2.35. The largest absolute Gasteiger partial charge is 0.350 e. The molecular weight excluding hydrogens is 378 g/mol. The Hall–Kier alpha value is -2.42. The van der Waals surface area contributed by atoms with Crippen molar-refractivity contribution < 1.29 is 14.4 Å². The van der Waals surface area contributed by atoms with Crippen molar-refractivity contribution in [2.75, 3.05) is 26.7 Å². The van der Waals surface area contributed by atoms with E-state index in [2.05, 4.69) is 10.00 Å². The Morgan fingerprint density at radius 3 is 2.71 bits per heavy atom. The Kier molecular flexibility index (Phi) is 5.09. The van der Waals surface area contributed by atoms with Crippen LogP contribution in [0.3, 0.4) is 0 Å². The molecule has 1 aliphatic heterocycles. The molecule has 28 heavy (non-hydrogen) atoms. The van der Waals surface area contributed by atoms with Gasteiger partial charge in [0.05, 0.1) is 16.6 Å². The van der Waals surface area contributed by atoms with Crippen LogP contribution in [0.25, 0.3) is 10.2 Å². The number of aromatic nitrogens is 2. The van der Waals surface area contributed by atoms with E-state index in [1.807, 2.05) is 13.0 Å². The molecule has 2 aromatic rings. The second-order valence-electron chi connectivity index (χ2n) is 7.56. The maximum Gasteiger partial charge on any atom is 0.327 e. The van der Waals surface area contributed by atoms with E-state index < -0.39 is 0 Å². The summed E-state index contributed by atoms with van der Waals surface area (Å²) in [4.78, 5) is 40.3. The zero-order chi connectivity index (χ0) is 19.8. The zero-order valence-electron chi connectivity index (χ0n) is 16.2. The van der Waals surface area contributed by atoms with Crippen LogP contribution in [0.15, 0.2) is 6.07 Å². The van der Waals surface area contributed by atoms with E-state index in [-0.39, 0.29) is 24.4 Å². The summed E-state index contributed by atoms with van der Waals surface area (Å²) in [5, 5.41) is 8.63. The lowest BCUT2D eigenvalue weighted by molar-refractivity contribution is -0.124. The average molecular weight is 404 g/mol. The number of fused-ring (bicyclic) bond motifs is 1. The third-order valence-electron chi connectivity index (χ3n) is 5.64. The van der Waals surface area contributed by atoms with Crippen molar-refractivity contribution >= 4 is 39.4 Å². The van der Waals surface area contributed by atoms with E-state index >= 15 is 0 Å². The first-order valence-corrected chi connectivity index (χ1v) is 10.6. The van der Waals surface area contributed by atoms with Gasteiger partial charge in [-0.25, -0.2) is 4.79 Å². The molecule has 0 atom stereocenters. The maximum absolute atomic E-state index is 12.6. The molecule has 2 aliphatic rings. The molecule has 0 spiro atoms. The number of carbonyl (C=O) groups excluding carboxylic acids is 3. The van der Waals surface area contributed by atoms with Crippen LogP contribution in [0, 0.1) is 6.92 Å². The first-order valence-electron chi connectivity index (χ1n) is 9.78. The highest BCUT2D eigenvalue weighted by atomic mass is 32.1. The minimum Gasteiger partial charge on any atom is -0.350 e. The number of hydrogen-bond donors (Lipinski definition) is 1. The Labute approximate surface area is 167 Å². The molecule has 4 rings (SSSR count). The molecule has 2 aromatic heterocycles. The Morgan fingerprint density at radius 1 is 1.29 bits per heavy atom. The van der Waals surface area contributed by atoms with Crippen LogP contribution in [-0.4, -0.2) is 64.1 Å². The van der Waals surface area contributed by atoms with E-state index in [0.29, 0.717) is 24.0 Å². The van der Waals surface area contributed by atoms with Crippen LogP contribution < -0.4 is 5.32 Å². The third kappa shape index (κ3) is 3.39. The van der Waals surface area contributed by atoms with E-state index in [4.69, 9.17) is 5.10 Å². The smallest absolute Gasteiger partial charge is 0.327 e. The van der Waals surface area contributed by atoms with E-state index in [0.717, 1.165) is 33.7 Å². The van der Waals surface area contributed by atoms with Crippen LogP contribution in [0.5, 0.6) is 0 Å². The molecule has 1 N–H and O–H groups in total. The van der Waals surface area contributed by atoms with E-state index in [9.17, 15) is 14.4 Å². The molecule has 0 bridgehead atoms. The van der Waals surface area contributed by atoms with Crippen molar-refractivity contribution in [3.05, 3.63) is 16.6 Å². The standard InChI is InChI=1S/C19H25N5O3S/c1-12-14-10-15(28-18(14)24(21-12)13-6-4-3-5-7-13)17(26)20-8-9-23-11-16(25)22(2)19(23)27/h10,13H,3-9,11H2,1-2H3,(H,20,26). The van der Waals surface area contributed by atoms with Gasteiger partial charge in [-0.15, -0.1) is 11.3 Å². The third-order valence-corrected chi connectivity index (χ3v) is 6.76. The summed E-state index contributed by atoms with van der Waals surface area (Å²) in [6.07, 6.45) is 6.05. The minimum absolute atomic E-state index is 0.0739. The van der Waals surface area contributed by atoms with Gasteiger partial charge in [0.1, 0.15) is 11.4 Å². The van der Waals surface area contributed by atoms with Crippen LogP contribution >= 0.6 is 11.3 Å². The van der Waals surface area contributed by atoms with Crippen LogP contribution in [0.2, 0.25) is 0 Å². The van der Waals surface area contributed by atoms with Gasteiger partial charge in [-0.05, 0) is 25.8 Å². The number of thiophene rings is 1. The van der Waals surface area contributed by atoms with Crippen molar-refractivity contribution in [1.82, 2.24) is 24.9 Å². The number of nitrogens with zero attached hydrogens (tertiary/aromatic N) is 4. The highest BCUT2D eigenvalue weighted by molar-refractivity contribution is 7.20. The first kappa shape index (κ1) is 18.9. The van der Waals surface area contributed by atoms with Crippen molar-refractivity contribution in [3.8, 4) is 0 Å². The summed E-state index contributed by atoms with van der Waals surface area (Å²) in [6, 6.07) is 2.02. The van der Waals surface area contributed by atoms with Crippen LogP contribution in [0.1, 0.15) is 53.5 Å². The van der Waals surface area contributed by atoms with E-state index in [1.165, 1.54) is 42.5 Å². The van der Waals surface area contributed by atoms with Gasteiger partial charge in [-0.1, -0.05) is 19.3 Å². The lowest BCUT2D eigenvalue weighted by Gasteiger charge is -2.22. The molecule has 150 valence electrons. The molecule has 2 fully saturated rings. The molecule has 0 aromatic carbocycles. The normalized spacial score (nSPS) is 18.5. The van der Waals surface area contributed by atoms with Gasteiger partial charge < -0.3 is 10.2 Å². The molecule has 3 heterocycles. The van der Waals surface area contributed by atoms with Crippen LogP contribution in [-0.2, 0) is 4.79 Å². The molecule has 9 heteroatoms. The molecule has 0 radical (unpaired) electrons. The zero-order valence-corrected chi connectivity index (χ0v) is 17.0. The minimum atomic E-state index is -0.315. The predicted molar refractivity (Wildman–Crippen MR) is 107 cm³/mol. The molecular formula is C19H25N5O3S. The van der Waals surface area contributed by atoms with Gasteiger partial charge in [0.2, 0.25) is 5.91 Å².